The van der Waals surface area contributed by atoms with E-state index in [4.69, 9.17) is 0 Å². The molecule has 0 atom stereocenters. The van der Waals surface area contributed by atoms with Gasteiger partial charge in [0.2, 0.25) is 0 Å². The lowest BCUT2D eigenvalue weighted by Gasteiger charge is -2.22. The van der Waals surface area contributed by atoms with Crippen LogP contribution in [0.5, 0.6) is 0 Å². The van der Waals surface area contributed by atoms with Crippen LogP contribution in [0, 0.1) is 0 Å². The summed E-state index contributed by atoms with van der Waals surface area (Å²) < 4.78 is 90.3. The maximum absolute atomic E-state index is 14.8. The van der Waals surface area contributed by atoms with Crippen LogP contribution in [0.3, 0.4) is 0 Å². The van der Waals surface area contributed by atoms with E-state index in [0.29, 0.717) is 0 Å². The molecular formula is C8H20F4N4O4P4. The number of rotatable bonds is 8. The molecule has 0 saturated carbocycles. The molecule has 0 radical (unpaired) electrons. The number of hydrogen-bond donors (Lipinski definition) is 0. The summed E-state index contributed by atoms with van der Waals surface area (Å²) in [7, 11) is -19.4. The van der Waals surface area contributed by atoms with E-state index in [2.05, 4.69) is 36.2 Å². The Hall–Kier alpha value is 0.480. The van der Waals surface area contributed by atoms with Gasteiger partial charge in [0.15, 0.2) is 0 Å². The van der Waals surface area contributed by atoms with Crippen molar-refractivity contribution in [1.29, 1.82) is 0 Å². The Balaban J connectivity index is 3.76. The quantitative estimate of drug-likeness (QED) is 0.287. The highest BCUT2D eigenvalue weighted by Crippen LogP contribution is 2.81. The van der Waals surface area contributed by atoms with E-state index in [1.807, 2.05) is 0 Å². The zero-order valence-electron chi connectivity index (χ0n) is 13.6. The van der Waals surface area contributed by atoms with E-state index in [9.17, 15) is 16.8 Å². The summed E-state index contributed by atoms with van der Waals surface area (Å²) in [5, 5.41) is 0. The van der Waals surface area contributed by atoms with Gasteiger partial charge in [-0.2, -0.15) is 16.8 Å². The van der Waals surface area contributed by atoms with Gasteiger partial charge in [0.05, 0.1) is 26.4 Å². The summed E-state index contributed by atoms with van der Waals surface area (Å²) in [4.78, 5) is 0. The van der Waals surface area contributed by atoms with Crippen molar-refractivity contribution in [2.45, 2.75) is 27.7 Å². The monoisotopic (exact) mass is 436 g/mol. The fourth-order valence-corrected chi connectivity index (χ4v) is 10.7. The van der Waals surface area contributed by atoms with E-state index >= 15 is 0 Å². The van der Waals surface area contributed by atoms with Crippen molar-refractivity contribution in [3.8, 4) is 0 Å². The van der Waals surface area contributed by atoms with Crippen LogP contribution in [0.15, 0.2) is 18.1 Å². The predicted octanol–water partition coefficient (Wildman–Crippen LogP) is 7.81. The lowest BCUT2D eigenvalue weighted by molar-refractivity contribution is 0.327. The van der Waals surface area contributed by atoms with Crippen molar-refractivity contribution >= 4 is 31.0 Å². The first kappa shape index (κ1) is 22.5. The maximum atomic E-state index is 14.8. The van der Waals surface area contributed by atoms with Gasteiger partial charge in [-0.1, -0.05) is 0 Å². The Bertz CT molecular complexity index is 538. The van der Waals surface area contributed by atoms with Crippen LogP contribution in [0.25, 0.3) is 0 Å². The summed E-state index contributed by atoms with van der Waals surface area (Å²) >= 11 is 0. The Morgan fingerprint density at radius 1 is 0.500 bits per heavy atom. The smallest absolute Gasteiger partial charge is 0.303 e. The molecule has 1 heterocycles. The predicted molar refractivity (Wildman–Crippen MR) is 88.3 cm³/mol. The molecule has 0 bridgehead atoms. The summed E-state index contributed by atoms with van der Waals surface area (Å²) in [6.45, 7) is 4.39. The second kappa shape index (κ2) is 8.92. The van der Waals surface area contributed by atoms with Gasteiger partial charge in [-0.3, -0.25) is 0 Å². The van der Waals surface area contributed by atoms with Gasteiger partial charge < -0.3 is 18.1 Å². The van der Waals surface area contributed by atoms with Crippen LogP contribution >= 0.6 is 31.0 Å². The van der Waals surface area contributed by atoms with Crippen molar-refractivity contribution in [2.24, 2.45) is 18.1 Å². The summed E-state index contributed by atoms with van der Waals surface area (Å²) in [5.41, 5.74) is 0. The molecule has 16 heteroatoms. The average Bonchev–Trinajstić information content (AvgIpc) is 2.35. The van der Waals surface area contributed by atoms with Crippen LogP contribution in [0.1, 0.15) is 27.7 Å². The maximum Gasteiger partial charge on any atom is 0.387 e. The highest BCUT2D eigenvalue weighted by molar-refractivity contribution is 7.78. The molecule has 1 aliphatic rings. The van der Waals surface area contributed by atoms with Crippen LogP contribution in [-0.2, 0) is 18.1 Å². The Morgan fingerprint density at radius 3 is 0.792 bits per heavy atom. The van der Waals surface area contributed by atoms with Crippen molar-refractivity contribution in [3.05, 3.63) is 0 Å². The molecule has 0 unspecified atom stereocenters. The van der Waals surface area contributed by atoms with Gasteiger partial charge in [-0.05, 0) is 27.7 Å². The number of nitrogens with zero attached hydrogens (tertiary/aromatic N) is 4. The first-order chi connectivity index (χ1) is 11.1. The van der Waals surface area contributed by atoms with Crippen LogP contribution in [0.4, 0.5) is 16.8 Å². The van der Waals surface area contributed by atoms with Crippen molar-refractivity contribution in [3.63, 3.8) is 0 Å². The third-order valence-corrected chi connectivity index (χ3v) is 11.5. The first-order valence-electron chi connectivity index (χ1n) is 6.99. The largest absolute Gasteiger partial charge is 0.387 e. The van der Waals surface area contributed by atoms with E-state index in [1.165, 1.54) is 27.7 Å². The Morgan fingerprint density at radius 2 is 0.667 bits per heavy atom. The molecule has 1 rings (SSSR count). The summed E-state index contributed by atoms with van der Waals surface area (Å²) in [5.74, 6) is 0. The minimum absolute atomic E-state index is 0.281. The molecule has 144 valence electrons. The SMILES string of the molecule is CCOP1(F)=NP(F)(OCC)=NP(F)(OCC)=NP(F)(OCC)=N1. The average molecular weight is 436 g/mol. The second-order valence-electron chi connectivity index (χ2n) is 3.92. The topological polar surface area (TPSA) is 86.4 Å². The fourth-order valence-electron chi connectivity index (χ4n) is 1.48. The van der Waals surface area contributed by atoms with Crippen molar-refractivity contribution in [2.75, 3.05) is 26.4 Å². The van der Waals surface area contributed by atoms with E-state index < -0.39 is 31.0 Å². The Labute approximate surface area is 138 Å². The summed E-state index contributed by atoms with van der Waals surface area (Å²) in [6.07, 6.45) is 0. The minimum atomic E-state index is -4.86. The van der Waals surface area contributed by atoms with Crippen molar-refractivity contribution < 1.29 is 34.9 Å². The lowest BCUT2D eigenvalue weighted by Crippen LogP contribution is -1.92. The van der Waals surface area contributed by atoms with E-state index in [0.717, 1.165) is 0 Å². The Kier molecular flexibility index (Phi) is 8.37. The van der Waals surface area contributed by atoms with Gasteiger partial charge >= 0.3 is 31.0 Å². The normalized spacial score (nSPS) is 39.7. The minimum Gasteiger partial charge on any atom is -0.303 e. The third-order valence-electron chi connectivity index (χ3n) is 2.06. The summed E-state index contributed by atoms with van der Waals surface area (Å²) in [6, 6.07) is 0. The molecule has 0 aliphatic carbocycles. The standard InChI is InChI=1S/C8H20F4N4O4P4/c1-5-17-21(9)13-22(10,18-6-2)15-24(12,20-8-4)16-23(11,14-21)19-7-3/h5-8H2,1-4H3. The van der Waals surface area contributed by atoms with E-state index in [-0.39, 0.29) is 26.4 Å². The molecule has 8 nitrogen and oxygen atoms in total. The molecule has 0 N–H and O–H groups in total. The van der Waals surface area contributed by atoms with Crippen LogP contribution in [0.2, 0.25) is 0 Å². The molecule has 0 fully saturated rings. The van der Waals surface area contributed by atoms with Crippen LogP contribution in [-0.4, -0.2) is 26.4 Å². The van der Waals surface area contributed by atoms with Gasteiger partial charge in [0.1, 0.15) is 0 Å². The van der Waals surface area contributed by atoms with Crippen LogP contribution < -0.4 is 0 Å². The fraction of sp³-hybridized carbons (Fsp3) is 1.00. The third kappa shape index (κ3) is 6.33. The van der Waals surface area contributed by atoms with Gasteiger partial charge in [0, 0.05) is 0 Å². The molecule has 1 aliphatic heterocycles. The molecule has 24 heavy (non-hydrogen) atoms. The number of halogens is 4. The van der Waals surface area contributed by atoms with Gasteiger partial charge in [-0.25, -0.2) is 0 Å². The van der Waals surface area contributed by atoms with Gasteiger partial charge in [-0.15, -0.1) is 18.1 Å². The number of hydrogen-bond acceptors (Lipinski definition) is 8. The molecule has 0 aromatic heterocycles. The van der Waals surface area contributed by atoms with E-state index in [1.54, 1.807) is 0 Å². The zero-order chi connectivity index (χ0) is 18.5. The zero-order valence-corrected chi connectivity index (χ0v) is 17.1. The molecule has 0 saturated heterocycles. The molecule has 0 aromatic carbocycles. The van der Waals surface area contributed by atoms with Crippen molar-refractivity contribution in [1.82, 2.24) is 0 Å². The highest BCUT2D eigenvalue weighted by Gasteiger charge is 2.41. The lowest BCUT2D eigenvalue weighted by atomic mass is 10.9. The molecular weight excluding hydrogens is 416 g/mol. The first-order valence-corrected chi connectivity index (χ1v) is 13.0. The molecule has 0 aromatic rings. The van der Waals surface area contributed by atoms with Gasteiger partial charge in [0.25, 0.3) is 0 Å². The highest BCUT2D eigenvalue weighted by atomic mass is 31.3. The second-order valence-corrected chi connectivity index (χ2v) is 11.6. The molecule has 0 spiro atoms. The molecule has 0 amide bonds.